The van der Waals surface area contributed by atoms with E-state index in [9.17, 15) is 31.2 Å². The number of carbonyl (C=O) groups is 3. The molecule has 4 rings (SSSR count). The van der Waals surface area contributed by atoms with E-state index in [4.69, 9.17) is 21.0 Å². The van der Waals surface area contributed by atoms with E-state index in [1.807, 2.05) is 6.07 Å². The summed E-state index contributed by atoms with van der Waals surface area (Å²) >= 11 is 0. The van der Waals surface area contributed by atoms with Crippen LogP contribution in [0.25, 0.3) is 0 Å². The average molecular weight is 668 g/mol. The maximum atomic E-state index is 13.8. The van der Waals surface area contributed by atoms with Gasteiger partial charge in [-0.25, -0.2) is 17.9 Å². The van der Waals surface area contributed by atoms with Crippen LogP contribution in [-0.4, -0.2) is 66.8 Å². The molecule has 2 aliphatic rings. The van der Waals surface area contributed by atoms with Crippen molar-refractivity contribution in [3.63, 3.8) is 0 Å². The maximum absolute atomic E-state index is 13.8. The molecule has 0 unspecified atom stereocenters. The van der Waals surface area contributed by atoms with Gasteiger partial charge in [0.25, 0.3) is 0 Å². The fraction of sp³-hybridized carbons (Fsp3) is 0.484. The summed E-state index contributed by atoms with van der Waals surface area (Å²) in [7, 11) is -3.77. The number of carboxylic acid groups (broad SMARTS) is 1. The van der Waals surface area contributed by atoms with Gasteiger partial charge in [0.15, 0.2) is 0 Å². The van der Waals surface area contributed by atoms with Gasteiger partial charge < -0.3 is 21.1 Å². The Morgan fingerprint density at radius 3 is 2.13 bits per heavy atom. The smallest absolute Gasteiger partial charge is 0.475 e. The first-order valence-corrected chi connectivity index (χ1v) is 16.7. The lowest BCUT2D eigenvalue weighted by molar-refractivity contribution is -0.192. The summed E-state index contributed by atoms with van der Waals surface area (Å²) in [6.07, 6.45) is 1.89. The minimum atomic E-state index is -5.08. The predicted octanol–water partition coefficient (Wildman–Crippen LogP) is 3.67. The molecule has 2 aromatic carbocycles. The van der Waals surface area contributed by atoms with Gasteiger partial charge in [-0.05, 0) is 36.3 Å². The number of nitrogens with one attached hydrogen (secondary N) is 3. The zero-order valence-corrected chi connectivity index (χ0v) is 26.1. The second-order valence-electron chi connectivity index (χ2n) is 11.5. The van der Waals surface area contributed by atoms with Crippen LogP contribution < -0.4 is 15.8 Å². The Balaban J connectivity index is 0.000000738. The normalized spacial score (nSPS) is 17.8. The summed E-state index contributed by atoms with van der Waals surface area (Å²) in [4.78, 5) is 37.4. The summed E-state index contributed by atoms with van der Waals surface area (Å²) in [6, 6.07) is 14.5. The predicted molar refractivity (Wildman–Crippen MR) is 165 cm³/mol. The van der Waals surface area contributed by atoms with Crippen molar-refractivity contribution in [1.82, 2.24) is 14.9 Å². The number of rotatable bonds is 11. The van der Waals surface area contributed by atoms with Crippen molar-refractivity contribution in [2.45, 2.75) is 81.9 Å². The molecule has 6 N–H and O–H groups in total. The molecule has 15 heteroatoms. The Morgan fingerprint density at radius 2 is 1.57 bits per heavy atom. The number of aliphatic carboxylic acids is 1. The van der Waals surface area contributed by atoms with Gasteiger partial charge >= 0.3 is 12.1 Å². The molecule has 1 aliphatic carbocycles. The number of hydrogen-bond acceptors (Lipinski definition) is 6. The molecule has 11 nitrogen and oxygen atoms in total. The molecule has 2 atom stereocenters. The molecule has 0 spiro atoms. The van der Waals surface area contributed by atoms with Crippen LogP contribution >= 0.6 is 0 Å². The number of sulfonamides is 1. The van der Waals surface area contributed by atoms with Crippen LogP contribution in [0.2, 0.25) is 0 Å². The monoisotopic (exact) mass is 667 g/mol. The lowest BCUT2D eigenvalue weighted by atomic mass is 9.84. The summed E-state index contributed by atoms with van der Waals surface area (Å²) in [6.45, 7) is 0.705. The van der Waals surface area contributed by atoms with E-state index in [-0.39, 0.29) is 35.9 Å². The minimum absolute atomic E-state index is 0.0205. The number of amidine groups is 1. The van der Waals surface area contributed by atoms with Crippen LogP contribution in [-0.2, 0) is 36.7 Å². The van der Waals surface area contributed by atoms with Gasteiger partial charge in [-0.1, -0.05) is 86.7 Å². The van der Waals surface area contributed by atoms with Crippen LogP contribution in [0.3, 0.4) is 0 Å². The molecule has 2 aromatic rings. The van der Waals surface area contributed by atoms with Crippen LogP contribution in [0.4, 0.5) is 13.2 Å². The second-order valence-corrected chi connectivity index (χ2v) is 13.2. The minimum Gasteiger partial charge on any atom is -0.475 e. The zero-order valence-electron chi connectivity index (χ0n) is 25.3. The van der Waals surface area contributed by atoms with Gasteiger partial charge in [0, 0.05) is 18.7 Å². The van der Waals surface area contributed by atoms with Gasteiger partial charge in [-0.2, -0.15) is 13.2 Å². The van der Waals surface area contributed by atoms with Gasteiger partial charge in [0.1, 0.15) is 17.9 Å². The summed E-state index contributed by atoms with van der Waals surface area (Å²) in [5, 5.41) is 17.5. The molecular formula is C31H40F3N5O6S. The summed E-state index contributed by atoms with van der Waals surface area (Å²) in [5.41, 5.74) is 7.62. The van der Waals surface area contributed by atoms with Crippen molar-refractivity contribution in [2.24, 2.45) is 11.7 Å². The molecule has 252 valence electrons. The van der Waals surface area contributed by atoms with Gasteiger partial charge in [-0.15, -0.1) is 0 Å². The number of nitrogens with zero attached hydrogens (tertiary/aromatic N) is 1. The SMILES string of the molecule is N=C(N)c1ccc(CNC(=O)[C@@H]2CCCN2C(=O)[C@@H](CC2CCCCC2)NS(=O)(=O)Cc2ccccc2)cc1.O=C(O)C(F)(F)F. The molecule has 46 heavy (non-hydrogen) atoms. The van der Waals surface area contributed by atoms with E-state index in [1.165, 1.54) is 6.42 Å². The maximum Gasteiger partial charge on any atom is 0.490 e. The molecule has 1 saturated carbocycles. The third-order valence-corrected chi connectivity index (χ3v) is 9.28. The first kappa shape index (κ1) is 36.5. The first-order chi connectivity index (χ1) is 21.7. The van der Waals surface area contributed by atoms with Crippen LogP contribution in [0.1, 0.15) is 68.1 Å². The lowest BCUT2D eigenvalue weighted by Gasteiger charge is -2.31. The van der Waals surface area contributed by atoms with Gasteiger partial charge in [0.05, 0.1) is 5.75 Å². The fourth-order valence-electron chi connectivity index (χ4n) is 5.62. The molecule has 0 radical (unpaired) electrons. The molecular weight excluding hydrogens is 627 g/mol. The second kappa shape index (κ2) is 16.5. The third-order valence-electron chi connectivity index (χ3n) is 7.93. The standard InChI is InChI=1S/C29H39N5O4S.C2HF3O2/c30-27(31)24-15-13-22(14-16-24)19-32-28(35)26-12-7-17-34(26)29(36)25(18-21-8-3-1-4-9-21)33-39(37,38)20-23-10-5-2-6-11-23;3-2(4,5)1(6)7/h2,5-6,10-11,13-16,21,25-26,33H,1,3-4,7-9,12,17-20H2,(H3,30,31)(H,32,35);(H,6,7)/t25-,26+;/m1./s1. The number of nitrogen functional groups attached to an aromatic ring is 1. The Labute approximate surface area is 266 Å². The van der Waals surface area contributed by atoms with E-state index >= 15 is 0 Å². The lowest BCUT2D eigenvalue weighted by Crippen LogP contribution is -2.54. The number of alkyl halides is 3. The number of amides is 2. The topological polar surface area (TPSA) is 183 Å². The number of benzene rings is 2. The van der Waals surface area contributed by atoms with Crippen LogP contribution in [0.5, 0.6) is 0 Å². The largest absolute Gasteiger partial charge is 0.490 e. The van der Waals surface area contributed by atoms with Crippen molar-refractivity contribution in [3.8, 4) is 0 Å². The summed E-state index contributed by atoms with van der Waals surface area (Å²) in [5.74, 6) is -3.27. The van der Waals surface area contributed by atoms with E-state index in [0.29, 0.717) is 36.9 Å². The molecule has 0 aromatic heterocycles. The van der Waals surface area contributed by atoms with Gasteiger partial charge in [-0.3, -0.25) is 15.0 Å². The fourth-order valence-corrected chi connectivity index (χ4v) is 6.97. The highest BCUT2D eigenvalue weighted by Gasteiger charge is 2.39. The third kappa shape index (κ3) is 11.4. The van der Waals surface area contributed by atoms with E-state index in [1.54, 1.807) is 53.4 Å². The van der Waals surface area contributed by atoms with E-state index in [0.717, 1.165) is 31.2 Å². The number of likely N-dealkylation sites (tertiary alicyclic amines) is 1. The Morgan fingerprint density at radius 1 is 0.957 bits per heavy atom. The van der Waals surface area contributed by atoms with Crippen molar-refractivity contribution >= 4 is 33.6 Å². The highest BCUT2D eigenvalue weighted by molar-refractivity contribution is 7.88. The van der Waals surface area contributed by atoms with Crippen LogP contribution in [0.15, 0.2) is 54.6 Å². The van der Waals surface area contributed by atoms with E-state index in [2.05, 4.69) is 10.0 Å². The summed E-state index contributed by atoms with van der Waals surface area (Å²) < 4.78 is 60.7. The molecule has 1 saturated heterocycles. The molecule has 1 aliphatic heterocycles. The van der Waals surface area contributed by atoms with E-state index < -0.39 is 34.3 Å². The number of carbonyl (C=O) groups excluding carboxylic acids is 2. The molecule has 2 amide bonds. The van der Waals surface area contributed by atoms with Crippen LogP contribution in [0, 0.1) is 11.3 Å². The van der Waals surface area contributed by atoms with Crippen molar-refractivity contribution in [2.75, 3.05) is 6.54 Å². The Bertz CT molecular complexity index is 1450. The number of nitrogens with two attached hydrogens (primary N) is 1. The Kier molecular flexibility index (Phi) is 13.1. The quantitative estimate of drug-likeness (QED) is 0.179. The van der Waals surface area contributed by atoms with Crippen molar-refractivity contribution in [3.05, 3.63) is 71.3 Å². The molecule has 0 bridgehead atoms. The number of halogens is 3. The van der Waals surface area contributed by atoms with Crippen molar-refractivity contribution in [1.29, 1.82) is 5.41 Å². The van der Waals surface area contributed by atoms with Gasteiger partial charge in [0.2, 0.25) is 21.8 Å². The molecule has 2 fully saturated rings. The molecule has 1 heterocycles. The Hall–Kier alpha value is -3.98. The zero-order chi connectivity index (χ0) is 33.9. The van der Waals surface area contributed by atoms with Crippen molar-refractivity contribution < 1.29 is 41.1 Å². The number of carboxylic acids is 1. The number of hydrogen-bond donors (Lipinski definition) is 5. The average Bonchev–Trinajstić information content (AvgIpc) is 3.50. The highest BCUT2D eigenvalue weighted by Crippen LogP contribution is 2.29. The first-order valence-electron chi connectivity index (χ1n) is 15.0. The highest BCUT2D eigenvalue weighted by atomic mass is 32.2.